The Bertz CT molecular complexity index is 1030. The van der Waals surface area contributed by atoms with Gasteiger partial charge in [-0.3, -0.25) is 4.79 Å². The second-order valence-corrected chi connectivity index (χ2v) is 9.56. The maximum absolute atomic E-state index is 12.0. The summed E-state index contributed by atoms with van der Waals surface area (Å²) in [7, 11) is -3.44. The molecule has 0 fully saturated rings. The highest BCUT2D eigenvalue weighted by Crippen LogP contribution is 2.31. The standard InChI is InChI=1S/C18H18N2O4S2/c1-12(2)26(22,23)11-17(21)20-18-19-15-9-8-14(10-16(15)25-18)24-13-6-4-3-5-7-13/h3-10,12H,11H2,1-2H3,(H,19,20,21). The molecule has 1 amide bonds. The van der Waals surface area contributed by atoms with Crippen molar-refractivity contribution in [3.63, 3.8) is 0 Å². The smallest absolute Gasteiger partial charge is 0.241 e. The average Bonchev–Trinajstić information content (AvgIpc) is 2.96. The minimum Gasteiger partial charge on any atom is -0.457 e. The van der Waals surface area contributed by atoms with Crippen LogP contribution in [0.3, 0.4) is 0 Å². The molecule has 0 radical (unpaired) electrons. The van der Waals surface area contributed by atoms with E-state index in [2.05, 4.69) is 10.3 Å². The van der Waals surface area contributed by atoms with E-state index < -0.39 is 26.7 Å². The lowest BCUT2D eigenvalue weighted by Gasteiger charge is -2.06. The first-order valence-electron chi connectivity index (χ1n) is 7.98. The highest BCUT2D eigenvalue weighted by molar-refractivity contribution is 7.92. The van der Waals surface area contributed by atoms with Gasteiger partial charge in [0.1, 0.15) is 17.3 Å². The van der Waals surface area contributed by atoms with Gasteiger partial charge in [0.2, 0.25) is 5.91 Å². The van der Waals surface area contributed by atoms with Crippen LogP contribution < -0.4 is 10.1 Å². The van der Waals surface area contributed by atoms with Gasteiger partial charge in [-0.25, -0.2) is 13.4 Å². The molecular weight excluding hydrogens is 372 g/mol. The zero-order valence-electron chi connectivity index (χ0n) is 14.3. The number of fused-ring (bicyclic) bond motifs is 1. The highest BCUT2D eigenvalue weighted by atomic mass is 32.2. The molecule has 0 aliphatic heterocycles. The molecule has 0 saturated heterocycles. The molecule has 0 saturated carbocycles. The van der Waals surface area contributed by atoms with Crippen molar-refractivity contribution in [3.8, 4) is 11.5 Å². The van der Waals surface area contributed by atoms with Gasteiger partial charge < -0.3 is 10.1 Å². The highest BCUT2D eigenvalue weighted by Gasteiger charge is 2.21. The summed E-state index contributed by atoms with van der Waals surface area (Å²) in [5, 5.41) is 2.33. The van der Waals surface area contributed by atoms with Gasteiger partial charge in [-0.2, -0.15) is 0 Å². The van der Waals surface area contributed by atoms with Crippen molar-refractivity contribution >= 4 is 42.4 Å². The summed E-state index contributed by atoms with van der Waals surface area (Å²) < 4.78 is 30.3. The number of nitrogens with zero attached hydrogens (tertiary/aromatic N) is 1. The number of nitrogens with one attached hydrogen (secondary N) is 1. The molecule has 3 aromatic rings. The van der Waals surface area contributed by atoms with E-state index in [0.29, 0.717) is 16.4 Å². The van der Waals surface area contributed by atoms with Gasteiger partial charge in [0.05, 0.1) is 15.5 Å². The Hall–Kier alpha value is -2.45. The topological polar surface area (TPSA) is 85.4 Å². The maximum atomic E-state index is 12.0. The van der Waals surface area contributed by atoms with Crippen molar-refractivity contribution < 1.29 is 17.9 Å². The molecule has 8 heteroatoms. The fourth-order valence-electron chi connectivity index (χ4n) is 2.15. The summed E-state index contributed by atoms with van der Waals surface area (Å²) in [6, 6.07) is 14.8. The molecular formula is C18H18N2O4S2. The van der Waals surface area contributed by atoms with Crippen LogP contribution in [0.4, 0.5) is 5.13 Å². The fraction of sp³-hybridized carbons (Fsp3) is 0.222. The zero-order valence-corrected chi connectivity index (χ0v) is 15.9. The first-order valence-corrected chi connectivity index (χ1v) is 10.5. The number of anilines is 1. The fourth-order valence-corrected chi connectivity index (χ4v) is 3.83. The van der Waals surface area contributed by atoms with E-state index in [1.165, 1.54) is 11.3 Å². The number of hydrogen-bond acceptors (Lipinski definition) is 6. The van der Waals surface area contributed by atoms with Crippen LogP contribution in [0.2, 0.25) is 0 Å². The van der Waals surface area contributed by atoms with E-state index in [1.54, 1.807) is 26.0 Å². The Morgan fingerprint density at radius 1 is 1.15 bits per heavy atom. The Morgan fingerprint density at radius 3 is 2.58 bits per heavy atom. The van der Waals surface area contributed by atoms with Crippen LogP contribution in [0.15, 0.2) is 48.5 Å². The molecule has 1 N–H and O–H groups in total. The van der Waals surface area contributed by atoms with E-state index in [0.717, 1.165) is 10.4 Å². The van der Waals surface area contributed by atoms with Gasteiger partial charge in [-0.1, -0.05) is 29.5 Å². The Balaban J connectivity index is 1.74. The van der Waals surface area contributed by atoms with Crippen molar-refractivity contribution in [2.24, 2.45) is 0 Å². The van der Waals surface area contributed by atoms with Crippen LogP contribution in [0.5, 0.6) is 11.5 Å². The van der Waals surface area contributed by atoms with Crippen LogP contribution in [-0.4, -0.2) is 30.3 Å². The molecule has 0 unspecified atom stereocenters. The van der Waals surface area contributed by atoms with Crippen LogP contribution >= 0.6 is 11.3 Å². The average molecular weight is 390 g/mol. The van der Waals surface area contributed by atoms with Gasteiger partial charge in [0.25, 0.3) is 0 Å². The third kappa shape index (κ3) is 4.39. The van der Waals surface area contributed by atoms with Crippen molar-refractivity contribution in [1.82, 2.24) is 4.98 Å². The van der Waals surface area contributed by atoms with Gasteiger partial charge >= 0.3 is 0 Å². The summed E-state index contributed by atoms with van der Waals surface area (Å²) in [5.41, 5.74) is 0.706. The molecule has 0 aliphatic rings. The molecule has 0 bridgehead atoms. The van der Waals surface area contributed by atoms with E-state index >= 15 is 0 Å². The molecule has 1 aromatic heterocycles. The number of sulfone groups is 1. The Labute approximate surface area is 155 Å². The summed E-state index contributed by atoms with van der Waals surface area (Å²) in [6.45, 7) is 3.10. The molecule has 0 atom stereocenters. The number of carbonyl (C=O) groups is 1. The van der Waals surface area contributed by atoms with Crippen molar-refractivity contribution in [2.75, 3.05) is 11.1 Å². The molecule has 3 rings (SSSR count). The second-order valence-electron chi connectivity index (χ2n) is 5.97. The van der Waals surface area contributed by atoms with Crippen molar-refractivity contribution in [2.45, 2.75) is 19.1 Å². The summed E-state index contributed by atoms with van der Waals surface area (Å²) >= 11 is 1.27. The number of ether oxygens (including phenoxy) is 1. The lowest BCUT2D eigenvalue weighted by molar-refractivity contribution is -0.113. The van der Waals surface area contributed by atoms with E-state index in [-0.39, 0.29) is 0 Å². The number of amides is 1. The first-order chi connectivity index (χ1) is 12.3. The van der Waals surface area contributed by atoms with Crippen LogP contribution in [0.25, 0.3) is 10.2 Å². The van der Waals surface area contributed by atoms with E-state index in [1.807, 2.05) is 36.4 Å². The minimum atomic E-state index is -3.44. The summed E-state index contributed by atoms with van der Waals surface area (Å²) in [4.78, 5) is 16.3. The van der Waals surface area contributed by atoms with E-state index in [9.17, 15) is 13.2 Å². The summed E-state index contributed by atoms with van der Waals surface area (Å²) in [5.74, 6) is 0.248. The van der Waals surface area contributed by atoms with Crippen LogP contribution in [-0.2, 0) is 14.6 Å². The number of benzene rings is 2. The third-order valence-electron chi connectivity index (χ3n) is 3.64. The summed E-state index contributed by atoms with van der Waals surface area (Å²) in [6.07, 6.45) is 0. The Morgan fingerprint density at radius 2 is 1.88 bits per heavy atom. The minimum absolute atomic E-state index is 0.362. The number of thiazole rings is 1. The predicted molar refractivity (Wildman–Crippen MR) is 104 cm³/mol. The first kappa shape index (κ1) is 18.3. The number of carbonyl (C=O) groups excluding carboxylic acids is 1. The Kier molecular flexibility index (Phi) is 5.24. The third-order valence-corrected chi connectivity index (χ3v) is 6.67. The second kappa shape index (κ2) is 7.43. The SMILES string of the molecule is CC(C)S(=O)(=O)CC(=O)Nc1nc2ccc(Oc3ccccc3)cc2s1. The van der Waals surface area contributed by atoms with Crippen molar-refractivity contribution in [1.29, 1.82) is 0 Å². The monoisotopic (exact) mass is 390 g/mol. The van der Waals surface area contributed by atoms with Gasteiger partial charge in [0.15, 0.2) is 15.0 Å². The van der Waals surface area contributed by atoms with Crippen LogP contribution in [0, 0.1) is 0 Å². The number of hydrogen-bond donors (Lipinski definition) is 1. The number of rotatable bonds is 6. The van der Waals surface area contributed by atoms with Crippen LogP contribution in [0.1, 0.15) is 13.8 Å². The van der Waals surface area contributed by atoms with Crippen molar-refractivity contribution in [3.05, 3.63) is 48.5 Å². The molecule has 26 heavy (non-hydrogen) atoms. The molecule has 6 nitrogen and oxygen atoms in total. The molecule has 136 valence electrons. The number of para-hydroxylation sites is 1. The lowest BCUT2D eigenvalue weighted by atomic mass is 10.3. The zero-order chi connectivity index (χ0) is 18.7. The number of aromatic nitrogens is 1. The normalized spacial score (nSPS) is 11.7. The molecule has 2 aromatic carbocycles. The van der Waals surface area contributed by atoms with E-state index in [4.69, 9.17) is 4.74 Å². The molecule has 0 aliphatic carbocycles. The maximum Gasteiger partial charge on any atom is 0.241 e. The quantitative estimate of drug-likeness (QED) is 0.691. The lowest BCUT2D eigenvalue weighted by Crippen LogP contribution is -2.27. The molecule has 0 spiro atoms. The van der Waals surface area contributed by atoms with Gasteiger partial charge in [-0.05, 0) is 38.1 Å². The predicted octanol–water partition coefficient (Wildman–Crippen LogP) is 3.85. The largest absolute Gasteiger partial charge is 0.457 e. The molecule has 1 heterocycles. The van der Waals surface area contributed by atoms with Gasteiger partial charge in [-0.15, -0.1) is 0 Å². The van der Waals surface area contributed by atoms with Gasteiger partial charge in [0, 0.05) is 6.07 Å².